The van der Waals surface area contributed by atoms with Crippen LogP contribution in [0.1, 0.15) is 0 Å². The number of nitrogens with one attached hydrogen (secondary N) is 1. The van der Waals surface area contributed by atoms with Crippen molar-refractivity contribution in [1.82, 2.24) is 9.71 Å². The molecule has 5 nitrogen and oxygen atoms in total. The van der Waals surface area contributed by atoms with Crippen molar-refractivity contribution in [2.24, 2.45) is 0 Å². The highest BCUT2D eigenvalue weighted by Gasteiger charge is 2.15. The smallest absolute Gasteiger partial charge is 0.242 e. The second-order valence-electron chi connectivity index (χ2n) is 2.57. The Morgan fingerprint density at radius 2 is 2.27 bits per heavy atom. The van der Waals surface area contributed by atoms with E-state index in [0.717, 1.165) is 6.20 Å². The molecule has 0 aliphatic heterocycles. The zero-order valence-electron chi connectivity index (χ0n) is 7.44. The summed E-state index contributed by atoms with van der Waals surface area (Å²) >= 11 is 8.69. The highest BCUT2D eigenvalue weighted by atomic mass is 79.9. The van der Waals surface area contributed by atoms with Gasteiger partial charge in [-0.25, -0.2) is 18.1 Å². The molecule has 0 radical (unpaired) electrons. The van der Waals surface area contributed by atoms with Crippen molar-refractivity contribution in [3.05, 3.63) is 21.9 Å². The molecule has 0 fully saturated rings. The summed E-state index contributed by atoms with van der Waals surface area (Å²) < 4.78 is 25.6. The van der Waals surface area contributed by atoms with E-state index in [4.69, 9.17) is 16.7 Å². The van der Waals surface area contributed by atoms with E-state index in [9.17, 15) is 8.42 Å². The van der Waals surface area contributed by atoms with Gasteiger partial charge in [0.1, 0.15) is 10.0 Å². The van der Waals surface area contributed by atoms with Crippen LogP contribution in [0.25, 0.3) is 0 Å². The fourth-order valence-electron chi connectivity index (χ4n) is 0.814. The molecule has 0 atom stereocenters. The Morgan fingerprint density at radius 1 is 1.60 bits per heavy atom. The fraction of sp³-hybridized carbons (Fsp3) is 0.286. The topological polar surface area (TPSA) is 79.3 Å². The van der Waals surface area contributed by atoms with Crippen LogP contribution in [0.15, 0.2) is 21.6 Å². The summed E-state index contributed by atoms with van der Waals surface area (Å²) in [4.78, 5) is 3.68. The molecular formula is C7H8BrClN2O3S. The number of halogens is 2. The van der Waals surface area contributed by atoms with Gasteiger partial charge in [-0.3, -0.25) is 0 Å². The number of aliphatic hydroxyl groups excluding tert-OH is 1. The van der Waals surface area contributed by atoms with Crippen molar-refractivity contribution in [2.75, 3.05) is 13.2 Å². The van der Waals surface area contributed by atoms with Crippen LogP contribution in [0.5, 0.6) is 0 Å². The zero-order valence-corrected chi connectivity index (χ0v) is 10.6. The molecule has 0 amide bonds. The lowest BCUT2D eigenvalue weighted by Crippen LogP contribution is -2.26. The third-order valence-corrected chi connectivity index (χ3v) is 4.05. The Labute approximate surface area is 101 Å². The lowest BCUT2D eigenvalue weighted by atomic mass is 10.5. The van der Waals surface area contributed by atoms with Crippen LogP contribution >= 0.6 is 27.5 Å². The van der Waals surface area contributed by atoms with E-state index in [0.29, 0.717) is 4.47 Å². The molecule has 1 aromatic heterocycles. The molecule has 0 saturated carbocycles. The molecule has 2 N–H and O–H groups in total. The van der Waals surface area contributed by atoms with Gasteiger partial charge in [-0.05, 0) is 22.0 Å². The first-order chi connectivity index (χ1) is 6.97. The first-order valence-corrected chi connectivity index (χ1v) is 6.54. The largest absolute Gasteiger partial charge is 0.395 e. The number of nitrogens with zero attached hydrogens (tertiary/aromatic N) is 1. The Balaban J connectivity index is 3.00. The molecule has 1 heterocycles. The van der Waals surface area contributed by atoms with Gasteiger partial charge in [0.25, 0.3) is 0 Å². The highest BCUT2D eigenvalue weighted by Crippen LogP contribution is 2.22. The monoisotopic (exact) mass is 314 g/mol. The molecule has 1 aromatic rings. The minimum absolute atomic E-state index is 0.00720. The summed E-state index contributed by atoms with van der Waals surface area (Å²) in [7, 11) is -3.62. The normalized spacial score (nSPS) is 11.7. The summed E-state index contributed by atoms with van der Waals surface area (Å²) in [6.07, 6.45) is 1.15. The first-order valence-electron chi connectivity index (χ1n) is 3.89. The maximum atomic E-state index is 11.5. The van der Waals surface area contributed by atoms with E-state index in [1.807, 2.05) is 0 Å². The van der Waals surface area contributed by atoms with Crippen molar-refractivity contribution in [3.63, 3.8) is 0 Å². The predicted octanol–water partition coefficient (Wildman–Crippen LogP) is 0.768. The molecule has 15 heavy (non-hydrogen) atoms. The highest BCUT2D eigenvalue weighted by molar-refractivity contribution is 9.10. The average molecular weight is 316 g/mol. The lowest BCUT2D eigenvalue weighted by Gasteiger charge is -2.05. The molecule has 84 valence electrons. The predicted molar refractivity (Wildman–Crippen MR) is 59.2 cm³/mol. The maximum Gasteiger partial charge on any atom is 0.242 e. The van der Waals surface area contributed by atoms with Gasteiger partial charge in [0.2, 0.25) is 10.0 Å². The fourth-order valence-corrected chi connectivity index (χ4v) is 2.41. The molecule has 0 bridgehead atoms. The van der Waals surface area contributed by atoms with Crippen molar-refractivity contribution in [2.45, 2.75) is 4.90 Å². The molecule has 8 heteroatoms. The van der Waals surface area contributed by atoms with Crippen LogP contribution in [-0.4, -0.2) is 31.7 Å². The Morgan fingerprint density at radius 3 is 2.80 bits per heavy atom. The van der Waals surface area contributed by atoms with Crippen LogP contribution in [-0.2, 0) is 10.0 Å². The quantitative estimate of drug-likeness (QED) is 0.804. The van der Waals surface area contributed by atoms with Crippen molar-refractivity contribution >= 4 is 37.6 Å². The van der Waals surface area contributed by atoms with Gasteiger partial charge in [0.05, 0.1) is 11.1 Å². The summed E-state index contributed by atoms with van der Waals surface area (Å²) in [6, 6.07) is 1.34. The van der Waals surface area contributed by atoms with Crippen molar-refractivity contribution < 1.29 is 13.5 Å². The number of sulfonamides is 1. The number of hydrogen-bond donors (Lipinski definition) is 2. The summed E-state index contributed by atoms with van der Waals surface area (Å²) in [5.41, 5.74) is 0. The molecule has 0 aromatic carbocycles. The van der Waals surface area contributed by atoms with Crippen LogP contribution in [0.2, 0.25) is 5.15 Å². The molecular weight excluding hydrogens is 308 g/mol. The van der Waals surface area contributed by atoms with Gasteiger partial charge in [-0.1, -0.05) is 11.6 Å². The van der Waals surface area contributed by atoms with Gasteiger partial charge in [-0.2, -0.15) is 0 Å². The maximum absolute atomic E-state index is 11.5. The molecule has 0 unspecified atom stereocenters. The van der Waals surface area contributed by atoms with Gasteiger partial charge in [0.15, 0.2) is 0 Å². The van der Waals surface area contributed by atoms with E-state index in [2.05, 4.69) is 25.6 Å². The second-order valence-corrected chi connectivity index (χ2v) is 5.54. The summed E-state index contributed by atoms with van der Waals surface area (Å²) in [5, 5.41) is 8.69. The van der Waals surface area contributed by atoms with Crippen molar-refractivity contribution in [3.8, 4) is 0 Å². The third kappa shape index (κ3) is 3.39. The Kier molecular flexibility index (Phi) is 4.47. The van der Waals surface area contributed by atoms with Gasteiger partial charge >= 0.3 is 0 Å². The summed E-state index contributed by atoms with van der Waals surface area (Å²) in [5.74, 6) is 0. The van der Waals surface area contributed by atoms with E-state index in [1.54, 1.807) is 0 Å². The average Bonchev–Trinajstić information content (AvgIpc) is 2.19. The van der Waals surface area contributed by atoms with Crippen molar-refractivity contribution in [1.29, 1.82) is 0 Å². The van der Waals surface area contributed by atoms with Crippen LogP contribution in [0.4, 0.5) is 0 Å². The number of pyridine rings is 1. The zero-order chi connectivity index (χ0) is 11.5. The van der Waals surface area contributed by atoms with Crippen LogP contribution in [0.3, 0.4) is 0 Å². The number of aliphatic hydroxyl groups is 1. The Hall–Kier alpha value is -0.210. The molecule has 0 saturated heterocycles. The van der Waals surface area contributed by atoms with E-state index in [1.165, 1.54) is 6.07 Å². The van der Waals surface area contributed by atoms with E-state index < -0.39 is 10.0 Å². The standard InChI is InChI=1S/C7H8BrClN2O3S/c8-6-3-5(4-10-7(6)9)15(13,14)11-1-2-12/h3-4,11-12H,1-2H2. The van der Waals surface area contributed by atoms with E-state index >= 15 is 0 Å². The molecule has 1 rings (SSSR count). The summed E-state index contributed by atoms with van der Waals surface area (Å²) in [6.45, 7) is -0.302. The lowest BCUT2D eigenvalue weighted by molar-refractivity contribution is 0.301. The molecule has 0 spiro atoms. The first kappa shape index (κ1) is 12.9. The SMILES string of the molecule is O=S(=O)(NCCO)c1cnc(Cl)c(Br)c1. The van der Waals surface area contributed by atoms with Crippen LogP contribution in [0, 0.1) is 0 Å². The molecule has 0 aliphatic carbocycles. The molecule has 0 aliphatic rings. The Bertz CT molecular complexity index is 452. The van der Waals surface area contributed by atoms with E-state index in [-0.39, 0.29) is 23.2 Å². The van der Waals surface area contributed by atoms with Crippen LogP contribution < -0.4 is 4.72 Å². The van der Waals surface area contributed by atoms with Gasteiger partial charge < -0.3 is 5.11 Å². The number of aromatic nitrogens is 1. The number of rotatable bonds is 4. The second kappa shape index (κ2) is 5.22. The third-order valence-electron chi connectivity index (χ3n) is 1.49. The number of hydrogen-bond acceptors (Lipinski definition) is 4. The van der Waals surface area contributed by atoms with Gasteiger partial charge in [-0.15, -0.1) is 0 Å². The van der Waals surface area contributed by atoms with Gasteiger partial charge in [0, 0.05) is 12.7 Å². The minimum atomic E-state index is -3.62. The minimum Gasteiger partial charge on any atom is -0.395 e.